The van der Waals surface area contributed by atoms with E-state index in [4.69, 9.17) is 9.47 Å². The highest BCUT2D eigenvalue weighted by Gasteiger charge is 2.45. The molecule has 4 rings (SSSR count). The van der Waals surface area contributed by atoms with Crippen LogP contribution in [0.4, 0.5) is 4.79 Å². The first-order chi connectivity index (χ1) is 12.3. The maximum Gasteiger partial charge on any atom is 0.320 e. The molecular weight excluding hydrogens is 318 g/mol. The van der Waals surface area contributed by atoms with Gasteiger partial charge in [-0.15, -0.1) is 0 Å². The Labute approximate surface area is 149 Å². The molecule has 0 spiro atoms. The number of hydrogen-bond acceptors (Lipinski definition) is 4. The Morgan fingerprint density at radius 3 is 2.96 bits per heavy atom. The number of carbonyl (C=O) groups is 1. The monoisotopic (exact) mass is 345 g/mol. The lowest BCUT2D eigenvalue weighted by Crippen LogP contribution is -2.41. The van der Waals surface area contributed by atoms with Crippen LogP contribution in [-0.4, -0.2) is 66.3 Å². The third-order valence-electron chi connectivity index (χ3n) is 5.71. The van der Waals surface area contributed by atoms with Crippen LogP contribution < -0.4 is 0 Å². The molecule has 0 unspecified atom stereocenters. The van der Waals surface area contributed by atoms with Crippen LogP contribution in [0.3, 0.4) is 0 Å². The molecule has 0 bridgehead atoms. The van der Waals surface area contributed by atoms with E-state index in [2.05, 4.69) is 4.98 Å². The number of amides is 2. The zero-order valence-electron chi connectivity index (χ0n) is 14.7. The molecule has 136 valence electrons. The van der Waals surface area contributed by atoms with E-state index in [0.717, 1.165) is 64.2 Å². The number of nitrogens with zero attached hydrogens (tertiary/aromatic N) is 3. The summed E-state index contributed by atoms with van der Waals surface area (Å²) in [6, 6.07) is 4.17. The summed E-state index contributed by atoms with van der Waals surface area (Å²) >= 11 is 0. The van der Waals surface area contributed by atoms with E-state index < -0.39 is 0 Å². The second-order valence-electron chi connectivity index (χ2n) is 7.38. The molecule has 2 amide bonds. The average molecular weight is 345 g/mol. The van der Waals surface area contributed by atoms with E-state index >= 15 is 0 Å². The third-order valence-corrected chi connectivity index (χ3v) is 5.71. The van der Waals surface area contributed by atoms with Gasteiger partial charge in [0, 0.05) is 51.1 Å². The van der Waals surface area contributed by atoms with Crippen LogP contribution in [0.25, 0.3) is 0 Å². The molecule has 0 aliphatic carbocycles. The van der Waals surface area contributed by atoms with E-state index in [-0.39, 0.29) is 12.1 Å². The Hall–Kier alpha value is -1.66. The van der Waals surface area contributed by atoms with Crippen molar-refractivity contribution in [3.63, 3.8) is 0 Å². The molecule has 1 aromatic rings. The van der Waals surface area contributed by atoms with Crippen LogP contribution in [0.5, 0.6) is 0 Å². The van der Waals surface area contributed by atoms with Gasteiger partial charge in [0.25, 0.3) is 0 Å². The molecule has 0 radical (unpaired) electrons. The summed E-state index contributed by atoms with van der Waals surface area (Å²) in [5.74, 6) is 0.962. The largest absolute Gasteiger partial charge is 0.377 e. The standard InChI is InChI=1S/C19H27N3O3/c23-19(21-7-1-2-8-21)22-11-17-16(14-25-18(17)12-22)5-9-24-13-15-4-3-6-20-10-15/h3-4,6,10,16-18H,1-2,5,7-9,11-14H2/t16-,17-,18-/m0/s1. The average Bonchev–Trinajstić information content (AvgIpc) is 3.37. The van der Waals surface area contributed by atoms with Crippen LogP contribution in [0, 0.1) is 11.8 Å². The van der Waals surface area contributed by atoms with E-state index in [1.165, 1.54) is 0 Å². The summed E-state index contributed by atoms with van der Waals surface area (Å²) in [4.78, 5) is 20.7. The lowest BCUT2D eigenvalue weighted by molar-refractivity contribution is 0.0829. The molecule has 3 aliphatic heterocycles. The number of likely N-dealkylation sites (tertiary alicyclic amines) is 2. The molecule has 3 fully saturated rings. The summed E-state index contributed by atoms with van der Waals surface area (Å²) in [7, 11) is 0. The number of carbonyl (C=O) groups excluding carboxylic acids is 1. The SMILES string of the molecule is O=C(N1CCCC1)N1C[C@H]2[C@@H](CCOCc3cccnc3)CO[C@H]2C1. The summed E-state index contributed by atoms with van der Waals surface area (Å²) < 4.78 is 11.8. The molecular formula is C19H27N3O3. The van der Waals surface area contributed by atoms with Crippen LogP contribution >= 0.6 is 0 Å². The van der Waals surface area contributed by atoms with Crippen molar-refractivity contribution in [1.82, 2.24) is 14.8 Å². The van der Waals surface area contributed by atoms with Gasteiger partial charge in [0.1, 0.15) is 0 Å². The van der Waals surface area contributed by atoms with Crippen molar-refractivity contribution in [2.75, 3.05) is 39.4 Å². The summed E-state index contributed by atoms with van der Waals surface area (Å²) in [6.07, 6.45) is 7.10. The fraction of sp³-hybridized carbons (Fsp3) is 0.684. The first-order valence-corrected chi connectivity index (χ1v) is 9.43. The zero-order valence-corrected chi connectivity index (χ0v) is 14.7. The second kappa shape index (κ2) is 7.70. The molecule has 0 N–H and O–H groups in total. The van der Waals surface area contributed by atoms with Gasteiger partial charge < -0.3 is 19.3 Å². The molecule has 3 aliphatic rings. The first kappa shape index (κ1) is 16.8. The fourth-order valence-corrected chi connectivity index (χ4v) is 4.27. The van der Waals surface area contributed by atoms with Gasteiger partial charge in [0.2, 0.25) is 0 Å². The predicted molar refractivity (Wildman–Crippen MR) is 93.0 cm³/mol. The highest BCUT2D eigenvalue weighted by atomic mass is 16.5. The Kier molecular flexibility index (Phi) is 5.17. The minimum absolute atomic E-state index is 0.210. The van der Waals surface area contributed by atoms with Crippen LogP contribution in [0.15, 0.2) is 24.5 Å². The van der Waals surface area contributed by atoms with Gasteiger partial charge in [0.05, 0.1) is 19.3 Å². The van der Waals surface area contributed by atoms with E-state index in [1.807, 2.05) is 28.1 Å². The van der Waals surface area contributed by atoms with Crippen molar-refractivity contribution in [3.8, 4) is 0 Å². The van der Waals surface area contributed by atoms with Crippen molar-refractivity contribution >= 4 is 6.03 Å². The van der Waals surface area contributed by atoms with Crippen molar-refractivity contribution in [2.24, 2.45) is 11.8 Å². The zero-order chi connectivity index (χ0) is 17.1. The fourth-order valence-electron chi connectivity index (χ4n) is 4.27. The summed E-state index contributed by atoms with van der Waals surface area (Å²) in [5, 5.41) is 0. The maximum atomic E-state index is 12.6. The van der Waals surface area contributed by atoms with Crippen molar-refractivity contribution < 1.29 is 14.3 Å². The van der Waals surface area contributed by atoms with Crippen LogP contribution in [0.2, 0.25) is 0 Å². The van der Waals surface area contributed by atoms with Crippen molar-refractivity contribution in [2.45, 2.75) is 32.0 Å². The molecule has 25 heavy (non-hydrogen) atoms. The van der Waals surface area contributed by atoms with Crippen molar-refractivity contribution in [3.05, 3.63) is 30.1 Å². The molecule has 6 heteroatoms. The Morgan fingerprint density at radius 2 is 2.16 bits per heavy atom. The number of urea groups is 1. The highest BCUT2D eigenvalue weighted by Crippen LogP contribution is 2.36. The van der Waals surface area contributed by atoms with Crippen LogP contribution in [-0.2, 0) is 16.1 Å². The van der Waals surface area contributed by atoms with Gasteiger partial charge in [-0.1, -0.05) is 6.07 Å². The van der Waals surface area contributed by atoms with Gasteiger partial charge in [-0.3, -0.25) is 4.98 Å². The first-order valence-electron chi connectivity index (χ1n) is 9.43. The minimum Gasteiger partial charge on any atom is -0.377 e. The number of hydrogen-bond donors (Lipinski definition) is 0. The molecule has 3 atom stereocenters. The number of aromatic nitrogens is 1. The maximum absolute atomic E-state index is 12.6. The Bertz CT molecular complexity index is 577. The van der Waals surface area contributed by atoms with Gasteiger partial charge >= 0.3 is 6.03 Å². The highest BCUT2D eigenvalue weighted by molar-refractivity contribution is 5.75. The van der Waals surface area contributed by atoms with E-state index in [0.29, 0.717) is 18.4 Å². The minimum atomic E-state index is 0.210. The summed E-state index contributed by atoms with van der Waals surface area (Å²) in [6.45, 7) is 5.56. The van der Waals surface area contributed by atoms with Gasteiger partial charge in [-0.05, 0) is 36.8 Å². The smallest absolute Gasteiger partial charge is 0.320 e. The molecule has 6 nitrogen and oxygen atoms in total. The molecule has 4 heterocycles. The number of ether oxygens (including phenoxy) is 2. The molecule has 0 saturated carbocycles. The predicted octanol–water partition coefficient (Wildman–Crippen LogP) is 2.15. The Balaban J connectivity index is 1.22. The van der Waals surface area contributed by atoms with E-state index in [9.17, 15) is 4.79 Å². The molecule has 1 aromatic heterocycles. The van der Waals surface area contributed by atoms with Gasteiger partial charge in [-0.25, -0.2) is 4.79 Å². The number of fused-ring (bicyclic) bond motifs is 1. The third kappa shape index (κ3) is 3.80. The van der Waals surface area contributed by atoms with Crippen molar-refractivity contribution in [1.29, 1.82) is 0 Å². The lowest BCUT2D eigenvalue weighted by Gasteiger charge is -2.25. The lowest BCUT2D eigenvalue weighted by atomic mass is 9.91. The topological polar surface area (TPSA) is 54.9 Å². The van der Waals surface area contributed by atoms with E-state index in [1.54, 1.807) is 6.20 Å². The van der Waals surface area contributed by atoms with Gasteiger partial charge in [-0.2, -0.15) is 0 Å². The van der Waals surface area contributed by atoms with Crippen LogP contribution in [0.1, 0.15) is 24.8 Å². The quantitative estimate of drug-likeness (QED) is 0.768. The Morgan fingerprint density at radius 1 is 1.28 bits per heavy atom. The summed E-state index contributed by atoms with van der Waals surface area (Å²) in [5.41, 5.74) is 1.10. The second-order valence-corrected chi connectivity index (χ2v) is 7.38. The molecule has 0 aromatic carbocycles. The number of pyridine rings is 1. The normalized spacial score (nSPS) is 28.6. The molecule has 3 saturated heterocycles. The number of rotatable bonds is 5. The van der Waals surface area contributed by atoms with Gasteiger partial charge in [0.15, 0.2) is 0 Å².